The highest BCUT2D eigenvalue weighted by Crippen LogP contribution is 2.29. The summed E-state index contributed by atoms with van der Waals surface area (Å²) in [6, 6.07) is 14.1. The van der Waals surface area contributed by atoms with Crippen molar-refractivity contribution in [2.45, 2.75) is 39.5 Å². The first-order valence-corrected chi connectivity index (χ1v) is 8.54. The maximum Gasteiger partial charge on any atom is 0.227 e. The molecule has 0 bridgehead atoms. The second-order valence-corrected chi connectivity index (χ2v) is 6.53. The number of nitrogens with zero attached hydrogens (tertiary/aromatic N) is 1. The first-order valence-electron chi connectivity index (χ1n) is 8.54. The van der Waals surface area contributed by atoms with Crippen LogP contribution >= 0.6 is 0 Å². The summed E-state index contributed by atoms with van der Waals surface area (Å²) >= 11 is 0. The summed E-state index contributed by atoms with van der Waals surface area (Å²) in [7, 11) is 0. The van der Waals surface area contributed by atoms with Crippen molar-refractivity contribution >= 4 is 17.4 Å². The largest absolute Gasteiger partial charge is 0.312 e. The minimum absolute atomic E-state index is 0.0701. The number of carbonyl (C=O) groups is 2. The van der Waals surface area contributed by atoms with Gasteiger partial charge in [0.1, 0.15) is 0 Å². The zero-order valence-corrected chi connectivity index (χ0v) is 14.3. The first-order chi connectivity index (χ1) is 11.5. The molecular weight excluding hydrogens is 298 g/mol. The molecule has 2 aromatic carbocycles. The van der Waals surface area contributed by atoms with Crippen LogP contribution in [0.4, 0.5) is 5.69 Å². The zero-order chi connectivity index (χ0) is 17.1. The quantitative estimate of drug-likeness (QED) is 0.777. The highest BCUT2D eigenvalue weighted by atomic mass is 16.2. The molecule has 1 aliphatic rings. The number of Topliss-reactive ketones (excluding diaryl/α,β-unsaturated/α-hetero) is 1. The lowest BCUT2D eigenvalue weighted by Gasteiger charge is -2.17. The van der Waals surface area contributed by atoms with Crippen LogP contribution < -0.4 is 4.90 Å². The number of amides is 1. The van der Waals surface area contributed by atoms with Crippen molar-refractivity contribution in [2.24, 2.45) is 0 Å². The number of fused-ring (bicyclic) bond motifs is 1. The second-order valence-electron chi connectivity index (χ2n) is 6.53. The minimum Gasteiger partial charge on any atom is -0.312 e. The van der Waals surface area contributed by atoms with E-state index in [1.54, 1.807) is 6.92 Å². The SMILES string of the molecule is CC(=O)c1ccc2c(c1)CCN2C(=O)CCCc1ccc(C)cc1. The molecule has 0 spiro atoms. The van der Waals surface area contributed by atoms with Crippen molar-refractivity contribution in [3.63, 3.8) is 0 Å². The summed E-state index contributed by atoms with van der Waals surface area (Å²) in [5.74, 6) is 0.247. The van der Waals surface area contributed by atoms with Crippen molar-refractivity contribution < 1.29 is 9.59 Å². The van der Waals surface area contributed by atoms with Crippen LogP contribution in [-0.2, 0) is 17.6 Å². The Kier molecular flexibility index (Phi) is 4.79. The molecule has 124 valence electrons. The van der Waals surface area contributed by atoms with Gasteiger partial charge in [-0.05, 0) is 62.4 Å². The van der Waals surface area contributed by atoms with Crippen molar-refractivity contribution in [2.75, 3.05) is 11.4 Å². The molecule has 0 unspecified atom stereocenters. The molecule has 3 heteroatoms. The molecule has 1 amide bonds. The number of ketones is 1. The lowest BCUT2D eigenvalue weighted by atomic mass is 10.1. The van der Waals surface area contributed by atoms with Gasteiger partial charge in [0.2, 0.25) is 5.91 Å². The number of carbonyl (C=O) groups excluding carboxylic acids is 2. The van der Waals surface area contributed by atoms with Crippen LogP contribution in [0.3, 0.4) is 0 Å². The Morgan fingerprint density at radius 3 is 2.54 bits per heavy atom. The number of rotatable bonds is 5. The average molecular weight is 321 g/mol. The van der Waals surface area contributed by atoms with E-state index < -0.39 is 0 Å². The monoisotopic (exact) mass is 321 g/mol. The Bertz CT molecular complexity index is 762. The topological polar surface area (TPSA) is 37.4 Å². The van der Waals surface area contributed by atoms with E-state index in [1.165, 1.54) is 11.1 Å². The molecule has 0 radical (unpaired) electrons. The maximum atomic E-state index is 12.5. The Labute approximate surface area is 143 Å². The molecule has 1 aliphatic heterocycles. The molecule has 0 saturated carbocycles. The average Bonchev–Trinajstić information content (AvgIpc) is 2.99. The van der Waals surface area contributed by atoms with Crippen LogP contribution in [0.2, 0.25) is 0 Å². The zero-order valence-electron chi connectivity index (χ0n) is 14.3. The standard InChI is InChI=1S/C21H23NO2/c1-15-6-8-17(9-7-15)4-3-5-21(24)22-13-12-19-14-18(16(2)23)10-11-20(19)22/h6-11,14H,3-5,12-13H2,1-2H3. The van der Waals surface area contributed by atoms with Gasteiger partial charge in [-0.25, -0.2) is 0 Å². The summed E-state index contributed by atoms with van der Waals surface area (Å²) in [6.45, 7) is 4.38. The summed E-state index contributed by atoms with van der Waals surface area (Å²) in [5.41, 5.74) is 5.34. The van der Waals surface area contributed by atoms with E-state index in [0.717, 1.165) is 42.6 Å². The Balaban J connectivity index is 1.59. The fourth-order valence-electron chi connectivity index (χ4n) is 3.21. The van der Waals surface area contributed by atoms with Crippen LogP contribution in [0.25, 0.3) is 0 Å². The Morgan fingerprint density at radius 1 is 1.08 bits per heavy atom. The van der Waals surface area contributed by atoms with Crippen LogP contribution in [0.15, 0.2) is 42.5 Å². The smallest absolute Gasteiger partial charge is 0.227 e. The van der Waals surface area contributed by atoms with Gasteiger partial charge >= 0.3 is 0 Å². The van der Waals surface area contributed by atoms with E-state index in [1.807, 2.05) is 23.1 Å². The van der Waals surface area contributed by atoms with Gasteiger partial charge in [0.05, 0.1) is 0 Å². The van der Waals surface area contributed by atoms with E-state index >= 15 is 0 Å². The minimum atomic E-state index is 0.0701. The number of aryl methyl sites for hydroxylation is 2. The van der Waals surface area contributed by atoms with Gasteiger partial charge in [-0.15, -0.1) is 0 Å². The summed E-state index contributed by atoms with van der Waals surface area (Å²) in [6.07, 6.45) is 3.18. The number of anilines is 1. The fourth-order valence-corrected chi connectivity index (χ4v) is 3.21. The van der Waals surface area contributed by atoms with E-state index in [-0.39, 0.29) is 11.7 Å². The normalized spacial score (nSPS) is 13.0. The Morgan fingerprint density at radius 2 is 1.83 bits per heavy atom. The molecule has 24 heavy (non-hydrogen) atoms. The van der Waals surface area contributed by atoms with E-state index in [4.69, 9.17) is 0 Å². The third-order valence-electron chi connectivity index (χ3n) is 4.66. The number of benzene rings is 2. The summed E-state index contributed by atoms with van der Waals surface area (Å²) in [5, 5.41) is 0. The van der Waals surface area contributed by atoms with Crippen LogP contribution in [0, 0.1) is 6.92 Å². The van der Waals surface area contributed by atoms with Gasteiger partial charge in [0, 0.05) is 24.2 Å². The molecule has 0 saturated heterocycles. The first kappa shape index (κ1) is 16.4. The van der Waals surface area contributed by atoms with Crippen LogP contribution in [-0.4, -0.2) is 18.2 Å². The van der Waals surface area contributed by atoms with E-state index in [0.29, 0.717) is 6.42 Å². The van der Waals surface area contributed by atoms with E-state index in [2.05, 4.69) is 31.2 Å². The summed E-state index contributed by atoms with van der Waals surface area (Å²) in [4.78, 5) is 25.9. The van der Waals surface area contributed by atoms with Gasteiger partial charge in [-0.2, -0.15) is 0 Å². The van der Waals surface area contributed by atoms with Gasteiger partial charge in [-0.3, -0.25) is 9.59 Å². The fraction of sp³-hybridized carbons (Fsp3) is 0.333. The van der Waals surface area contributed by atoms with E-state index in [9.17, 15) is 9.59 Å². The predicted octanol–water partition coefficient (Wildman–Crippen LogP) is 4.11. The van der Waals surface area contributed by atoms with Gasteiger partial charge in [-0.1, -0.05) is 29.8 Å². The molecule has 0 aromatic heterocycles. The Hall–Kier alpha value is -2.42. The maximum absolute atomic E-state index is 12.5. The van der Waals surface area contributed by atoms with Gasteiger partial charge in [0.25, 0.3) is 0 Å². The molecule has 1 heterocycles. The third-order valence-corrected chi connectivity index (χ3v) is 4.66. The third kappa shape index (κ3) is 3.56. The molecule has 2 aromatic rings. The molecule has 0 fully saturated rings. The molecule has 0 N–H and O–H groups in total. The lowest BCUT2D eigenvalue weighted by Crippen LogP contribution is -2.28. The molecule has 0 atom stereocenters. The molecule has 3 rings (SSSR count). The number of hydrogen-bond donors (Lipinski definition) is 0. The van der Waals surface area contributed by atoms with Crippen molar-refractivity contribution in [1.29, 1.82) is 0 Å². The highest BCUT2D eigenvalue weighted by molar-refractivity contribution is 5.98. The van der Waals surface area contributed by atoms with Crippen molar-refractivity contribution in [1.82, 2.24) is 0 Å². The van der Waals surface area contributed by atoms with Gasteiger partial charge < -0.3 is 4.90 Å². The second kappa shape index (κ2) is 7.00. The van der Waals surface area contributed by atoms with Crippen LogP contribution in [0.1, 0.15) is 46.8 Å². The lowest BCUT2D eigenvalue weighted by molar-refractivity contribution is -0.118. The molecular formula is C21H23NO2. The van der Waals surface area contributed by atoms with Crippen molar-refractivity contribution in [3.05, 3.63) is 64.7 Å². The molecule has 0 aliphatic carbocycles. The summed E-state index contributed by atoms with van der Waals surface area (Å²) < 4.78 is 0. The van der Waals surface area contributed by atoms with Crippen molar-refractivity contribution in [3.8, 4) is 0 Å². The molecule has 3 nitrogen and oxygen atoms in total. The van der Waals surface area contributed by atoms with Crippen LogP contribution in [0.5, 0.6) is 0 Å². The highest BCUT2D eigenvalue weighted by Gasteiger charge is 2.24. The van der Waals surface area contributed by atoms with Gasteiger partial charge in [0.15, 0.2) is 5.78 Å². The number of hydrogen-bond acceptors (Lipinski definition) is 2. The predicted molar refractivity (Wildman–Crippen MR) is 96.6 cm³/mol.